The second-order valence-electron chi connectivity index (χ2n) is 2.93. The molecular weight excluding hydrogens is 174 g/mol. The number of carbonyl (C=O) groups excluding carboxylic acids is 1. The van der Waals surface area contributed by atoms with Crippen molar-refractivity contribution in [3.8, 4) is 0 Å². The summed E-state index contributed by atoms with van der Waals surface area (Å²) in [6.07, 6.45) is 5.42. The van der Waals surface area contributed by atoms with Gasteiger partial charge in [-0.05, 0) is 30.4 Å². The standard InChI is InChI=1S/C9H8ClNO/c10-9-8-3-1-2-7(8)6(5-12)4-11-9/h4-5H,1-3H2. The fourth-order valence-corrected chi connectivity index (χ4v) is 1.93. The molecule has 0 N–H and O–H groups in total. The van der Waals surface area contributed by atoms with Gasteiger partial charge in [0.25, 0.3) is 0 Å². The van der Waals surface area contributed by atoms with Gasteiger partial charge in [0, 0.05) is 11.8 Å². The SMILES string of the molecule is O=Cc1cnc(Cl)c2c1CCC2. The molecule has 0 aromatic carbocycles. The van der Waals surface area contributed by atoms with E-state index in [0.29, 0.717) is 10.7 Å². The second-order valence-corrected chi connectivity index (χ2v) is 3.29. The number of aromatic nitrogens is 1. The summed E-state index contributed by atoms with van der Waals surface area (Å²) >= 11 is 5.87. The number of nitrogens with zero attached hydrogens (tertiary/aromatic N) is 1. The first kappa shape index (κ1) is 7.74. The fourth-order valence-electron chi connectivity index (χ4n) is 1.67. The molecule has 2 nitrogen and oxygen atoms in total. The van der Waals surface area contributed by atoms with E-state index in [4.69, 9.17) is 11.6 Å². The second kappa shape index (κ2) is 2.87. The highest BCUT2D eigenvalue weighted by Crippen LogP contribution is 2.28. The summed E-state index contributed by atoms with van der Waals surface area (Å²) in [6, 6.07) is 0. The van der Waals surface area contributed by atoms with Crippen molar-refractivity contribution in [2.75, 3.05) is 0 Å². The van der Waals surface area contributed by atoms with E-state index in [1.807, 2.05) is 0 Å². The normalized spacial score (nSPS) is 14.4. The van der Waals surface area contributed by atoms with Crippen LogP contribution in [0.4, 0.5) is 0 Å². The van der Waals surface area contributed by atoms with Gasteiger partial charge in [-0.25, -0.2) is 4.98 Å². The van der Waals surface area contributed by atoms with Crippen molar-refractivity contribution in [2.24, 2.45) is 0 Å². The fraction of sp³-hybridized carbons (Fsp3) is 0.333. The van der Waals surface area contributed by atoms with Crippen LogP contribution in [0.3, 0.4) is 0 Å². The van der Waals surface area contributed by atoms with Crippen LogP contribution in [0.2, 0.25) is 5.15 Å². The van der Waals surface area contributed by atoms with Crippen molar-refractivity contribution in [1.29, 1.82) is 0 Å². The molecule has 0 aliphatic heterocycles. The van der Waals surface area contributed by atoms with Gasteiger partial charge in [-0.15, -0.1) is 0 Å². The van der Waals surface area contributed by atoms with Gasteiger partial charge >= 0.3 is 0 Å². The maximum absolute atomic E-state index is 10.6. The van der Waals surface area contributed by atoms with Crippen LogP contribution in [0.5, 0.6) is 0 Å². The first-order valence-corrected chi connectivity index (χ1v) is 4.32. The Morgan fingerprint density at radius 2 is 2.17 bits per heavy atom. The molecule has 1 aromatic heterocycles. The Labute approximate surface area is 75.6 Å². The van der Waals surface area contributed by atoms with E-state index >= 15 is 0 Å². The van der Waals surface area contributed by atoms with E-state index < -0.39 is 0 Å². The zero-order valence-electron chi connectivity index (χ0n) is 6.51. The van der Waals surface area contributed by atoms with Crippen LogP contribution >= 0.6 is 11.6 Å². The Hall–Kier alpha value is -0.890. The Morgan fingerprint density at radius 3 is 2.92 bits per heavy atom. The van der Waals surface area contributed by atoms with Crippen molar-refractivity contribution in [3.05, 3.63) is 28.0 Å². The van der Waals surface area contributed by atoms with E-state index in [1.165, 1.54) is 0 Å². The average molecular weight is 182 g/mol. The van der Waals surface area contributed by atoms with E-state index in [0.717, 1.165) is 36.7 Å². The molecule has 0 spiro atoms. The third kappa shape index (κ3) is 1.03. The summed E-state index contributed by atoms with van der Waals surface area (Å²) in [4.78, 5) is 14.6. The van der Waals surface area contributed by atoms with Crippen LogP contribution in [0.1, 0.15) is 27.9 Å². The highest BCUT2D eigenvalue weighted by Gasteiger charge is 2.17. The van der Waals surface area contributed by atoms with Gasteiger partial charge in [0.15, 0.2) is 6.29 Å². The zero-order chi connectivity index (χ0) is 8.55. The molecule has 3 heteroatoms. The van der Waals surface area contributed by atoms with E-state index in [9.17, 15) is 4.79 Å². The predicted octanol–water partition coefficient (Wildman–Crippen LogP) is 2.04. The van der Waals surface area contributed by atoms with Gasteiger partial charge in [-0.2, -0.15) is 0 Å². The lowest BCUT2D eigenvalue weighted by Crippen LogP contribution is -1.94. The van der Waals surface area contributed by atoms with Crippen molar-refractivity contribution in [2.45, 2.75) is 19.3 Å². The number of rotatable bonds is 1. The Bertz CT molecular complexity index is 336. The van der Waals surface area contributed by atoms with Gasteiger partial charge in [-0.1, -0.05) is 11.6 Å². The number of hydrogen-bond acceptors (Lipinski definition) is 2. The number of pyridine rings is 1. The lowest BCUT2D eigenvalue weighted by molar-refractivity contribution is 0.112. The van der Waals surface area contributed by atoms with Crippen LogP contribution in [-0.2, 0) is 12.8 Å². The molecule has 62 valence electrons. The summed E-state index contributed by atoms with van der Waals surface area (Å²) in [5.41, 5.74) is 2.87. The van der Waals surface area contributed by atoms with Crippen molar-refractivity contribution >= 4 is 17.9 Å². The van der Waals surface area contributed by atoms with Gasteiger partial charge in [0.05, 0.1) is 0 Å². The summed E-state index contributed by atoms with van der Waals surface area (Å²) in [5, 5.41) is 0.563. The molecule has 0 saturated heterocycles. The summed E-state index contributed by atoms with van der Waals surface area (Å²) < 4.78 is 0. The third-order valence-electron chi connectivity index (χ3n) is 2.26. The molecular formula is C9H8ClNO. The molecule has 12 heavy (non-hydrogen) atoms. The van der Waals surface area contributed by atoms with Crippen LogP contribution in [0.15, 0.2) is 6.20 Å². The number of carbonyl (C=O) groups is 1. The minimum atomic E-state index is 0.563. The average Bonchev–Trinajstić information content (AvgIpc) is 2.54. The van der Waals surface area contributed by atoms with E-state index in [2.05, 4.69) is 4.98 Å². The quantitative estimate of drug-likeness (QED) is 0.490. The van der Waals surface area contributed by atoms with Gasteiger partial charge in [0.2, 0.25) is 0 Å². The molecule has 0 unspecified atom stereocenters. The molecule has 1 aliphatic rings. The first-order chi connectivity index (χ1) is 5.83. The van der Waals surface area contributed by atoms with Crippen molar-refractivity contribution in [1.82, 2.24) is 4.98 Å². The van der Waals surface area contributed by atoms with E-state index in [-0.39, 0.29) is 0 Å². The summed E-state index contributed by atoms with van der Waals surface area (Å²) in [5.74, 6) is 0. The van der Waals surface area contributed by atoms with Crippen LogP contribution < -0.4 is 0 Å². The Balaban J connectivity index is 2.64. The zero-order valence-corrected chi connectivity index (χ0v) is 7.27. The first-order valence-electron chi connectivity index (χ1n) is 3.94. The molecule has 1 aliphatic carbocycles. The van der Waals surface area contributed by atoms with Crippen LogP contribution in [0, 0.1) is 0 Å². The predicted molar refractivity (Wildman–Crippen MR) is 46.7 cm³/mol. The Kier molecular flexibility index (Phi) is 1.85. The smallest absolute Gasteiger partial charge is 0.151 e. The van der Waals surface area contributed by atoms with Crippen LogP contribution in [-0.4, -0.2) is 11.3 Å². The summed E-state index contributed by atoms with van der Waals surface area (Å²) in [6.45, 7) is 0. The number of fused-ring (bicyclic) bond motifs is 1. The molecule has 0 radical (unpaired) electrons. The maximum atomic E-state index is 10.6. The lowest BCUT2D eigenvalue weighted by Gasteiger charge is -2.02. The minimum Gasteiger partial charge on any atom is -0.298 e. The molecule has 0 atom stereocenters. The summed E-state index contributed by atoms with van der Waals surface area (Å²) in [7, 11) is 0. The van der Waals surface area contributed by atoms with E-state index in [1.54, 1.807) is 6.20 Å². The van der Waals surface area contributed by atoms with Gasteiger partial charge < -0.3 is 0 Å². The number of halogens is 1. The maximum Gasteiger partial charge on any atom is 0.151 e. The molecule has 0 saturated carbocycles. The van der Waals surface area contributed by atoms with Gasteiger partial charge in [-0.3, -0.25) is 4.79 Å². The topological polar surface area (TPSA) is 30.0 Å². The minimum absolute atomic E-state index is 0.563. The van der Waals surface area contributed by atoms with Gasteiger partial charge in [0.1, 0.15) is 5.15 Å². The molecule has 2 rings (SSSR count). The van der Waals surface area contributed by atoms with Crippen LogP contribution in [0.25, 0.3) is 0 Å². The monoisotopic (exact) mass is 181 g/mol. The molecule has 0 amide bonds. The highest BCUT2D eigenvalue weighted by atomic mass is 35.5. The number of aldehydes is 1. The molecule has 0 fully saturated rings. The molecule has 0 bridgehead atoms. The third-order valence-corrected chi connectivity index (χ3v) is 2.58. The van der Waals surface area contributed by atoms with Crippen molar-refractivity contribution < 1.29 is 4.79 Å². The van der Waals surface area contributed by atoms with Crippen molar-refractivity contribution in [3.63, 3.8) is 0 Å². The lowest BCUT2D eigenvalue weighted by atomic mass is 10.1. The molecule has 1 heterocycles. The largest absolute Gasteiger partial charge is 0.298 e. The highest BCUT2D eigenvalue weighted by molar-refractivity contribution is 6.30. The molecule has 1 aromatic rings. The Morgan fingerprint density at radius 1 is 1.42 bits per heavy atom. The number of hydrogen-bond donors (Lipinski definition) is 0.